The van der Waals surface area contributed by atoms with Gasteiger partial charge in [0.05, 0.1) is 14.2 Å². The van der Waals surface area contributed by atoms with Crippen molar-refractivity contribution in [1.82, 2.24) is 5.32 Å². The first-order valence-corrected chi connectivity index (χ1v) is 8.69. The van der Waals surface area contributed by atoms with E-state index < -0.39 is 5.91 Å². The number of rotatable bonds is 6. The molecule has 2 aromatic rings. The molecule has 3 N–H and O–H groups in total. The number of ether oxygens (including phenoxy) is 2. The van der Waals surface area contributed by atoms with Crippen molar-refractivity contribution < 1.29 is 19.1 Å². The number of carbonyl (C=O) groups is 2. The molecule has 1 unspecified atom stereocenters. The van der Waals surface area contributed by atoms with Gasteiger partial charge in [-0.1, -0.05) is 6.07 Å². The lowest BCUT2D eigenvalue weighted by molar-refractivity contribution is 0.0940. The zero-order chi connectivity index (χ0) is 19.4. The van der Waals surface area contributed by atoms with E-state index in [4.69, 9.17) is 15.2 Å². The molecule has 2 aromatic carbocycles. The van der Waals surface area contributed by atoms with Crippen LogP contribution in [0.5, 0.6) is 11.5 Å². The Bertz CT molecular complexity index is 831. The average molecular weight is 369 g/mol. The predicted molar refractivity (Wildman–Crippen MR) is 103 cm³/mol. The van der Waals surface area contributed by atoms with E-state index in [9.17, 15) is 9.59 Å². The molecule has 2 amide bonds. The van der Waals surface area contributed by atoms with Crippen molar-refractivity contribution in [2.45, 2.75) is 12.5 Å². The van der Waals surface area contributed by atoms with Crippen molar-refractivity contribution in [2.75, 3.05) is 32.2 Å². The summed E-state index contributed by atoms with van der Waals surface area (Å²) in [5, 5.41) is 3.02. The molecule has 0 saturated carbocycles. The molecule has 1 aliphatic rings. The maximum absolute atomic E-state index is 12.5. The summed E-state index contributed by atoms with van der Waals surface area (Å²) in [4.78, 5) is 26.0. The normalized spacial score (nSPS) is 16.1. The van der Waals surface area contributed by atoms with Crippen LogP contribution in [0.15, 0.2) is 42.5 Å². The van der Waals surface area contributed by atoms with Crippen molar-refractivity contribution in [3.63, 3.8) is 0 Å². The summed E-state index contributed by atoms with van der Waals surface area (Å²) in [7, 11) is 3.23. The molecule has 27 heavy (non-hydrogen) atoms. The van der Waals surface area contributed by atoms with Gasteiger partial charge in [-0.05, 0) is 24.6 Å². The molecule has 7 nitrogen and oxygen atoms in total. The number of nitrogens with two attached hydrogens (primary N) is 1. The first kappa shape index (κ1) is 18.6. The van der Waals surface area contributed by atoms with Gasteiger partial charge in [-0.3, -0.25) is 9.59 Å². The Kier molecular flexibility index (Phi) is 5.49. The molecule has 0 aromatic heterocycles. The first-order chi connectivity index (χ1) is 13.0. The fourth-order valence-corrected chi connectivity index (χ4v) is 3.17. The van der Waals surface area contributed by atoms with E-state index in [0.29, 0.717) is 17.7 Å². The van der Waals surface area contributed by atoms with Crippen molar-refractivity contribution in [3.05, 3.63) is 53.6 Å². The minimum Gasteiger partial charge on any atom is -0.497 e. The van der Waals surface area contributed by atoms with Crippen LogP contribution in [-0.4, -0.2) is 45.2 Å². The summed E-state index contributed by atoms with van der Waals surface area (Å²) in [6.07, 6.45) is 0.820. The summed E-state index contributed by atoms with van der Waals surface area (Å²) in [6.45, 7) is 1.49. The Labute approximate surface area is 158 Å². The van der Waals surface area contributed by atoms with Crippen LogP contribution in [0.4, 0.5) is 5.69 Å². The molecule has 0 spiro atoms. The molecule has 3 rings (SSSR count). The van der Waals surface area contributed by atoms with Gasteiger partial charge < -0.3 is 25.4 Å². The number of hydrogen-bond donors (Lipinski definition) is 2. The fourth-order valence-electron chi connectivity index (χ4n) is 3.17. The highest BCUT2D eigenvalue weighted by atomic mass is 16.5. The second-order valence-corrected chi connectivity index (χ2v) is 6.42. The van der Waals surface area contributed by atoms with Gasteiger partial charge >= 0.3 is 0 Å². The van der Waals surface area contributed by atoms with Gasteiger partial charge in [-0.2, -0.15) is 0 Å². The molecular formula is C20H23N3O4. The van der Waals surface area contributed by atoms with Crippen molar-refractivity contribution in [1.29, 1.82) is 0 Å². The molecular weight excluding hydrogens is 346 g/mol. The summed E-state index contributed by atoms with van der Waals surface area (Å²) in [5.41, 5.74) is 7.01. The van der Waals surface area contributed by atoms with Crippen LogP contribution < -0.4 is 25.4 Å². The van der Waals surface area contributed by atoms with E-state index >= 15 is 0 Å². The van der Waals surface area contributed by atoms with Crippen LogP contribution in [0.2, 0.25) is 0 Å². The Hall–Kier alpha value is -3.22. The molecule has 0 radical (unpaired) electrons. The molecule has 0 bridgehead atoms. The fraction of sp³-hybridized carbons (Fsp3) is 0.300. The number of hydrogen-bond acceptors (Lipinski definition) is 5. The molecule has 1 heterocycles. The average Bonchev–Trinajstić information content (AvgIpc) is 3.16. The Balaban J connectivity index is 1.67. The van der Waals surface area contributed by atoms with Crippen LogP contribution in [0, 0.1) is 0 Å². The number of primary amides is 1. The maximum atomic E-state index is 12.5. The molecule has 7 heteroatoms. The number of anilines is 1. The van der Waals surface area contributed by atoms with Crippen molar-refractivity contribution >= 4 is 17.5 Å². The monoisotopic (exact) mass is 369 g/mol. The van der Waals surface area contributed by atoms with Gasteiger partial charge in [0.15, 0.2) is 0 Å². The molecule has 1 atom stereocenters. The van der Waals surface area contributed by atoms with Gasteiger partial charge in [0, 0.05) is 54.1 Å². The van der Waals surface area contributed by atoms with E-state index in [1.165, 1.54) is 6.07 Å². The Morgan fingerprint density at radius 1 is 1.07 bits per heavy atom. The zero-order valence-electron chi connectivity index (χ0n) is 15.4. The number of amides is 2. The molecule has 0 aliphatic carbocycles. The standard InChI is InChI=1S/C20H23N3O4/c1-26-17-9-16(10-18(11-17)27-2)23-7-6-15(12-23)22-20(25)14-5-3-4-13(8-14)19(21)24/h3-5,8-11,15H,6-7,12H2,1-2H3,(H2,21,24)(H,22,25). The van der Waals surface area contributed by atoms with Gasteiger partial charge in [-0.15, -0.1) is 0 Å². The van der Waals surface area contributed by atoms with Crippen LogP contribution in [0.1, 0.15) is 27.1 Å². The SMILES string of the molecule is COc1cc(OC)cc(N2CCC(NC(=O)c3cccc(C(N)=O)c3)C2)c1. The molecule has 1 saturated heterocycles. The lowest BCUT2D eigenvalue weighted by atomic mass is 10.1. The summed E-state index contributed by atoms with van der Waals surface area (Å²) >= 11 is 0. The van der Waals surface area contributed by atoms with Gasteiger partial charge in [0.25, 0.3) is 5.91 Å². The Morgan fingerprint density at radius 3 is 2.37 bits per heavy atom. The van der Waals surface area contributed by atoms with Gasteiger partial charge in [-0.25, -0.2) is 0 Å². The zero-order valence-corrected chi connectivity index (χ0v) is 15.4. The minimum absolute atomic E-state index is 0.00642. The first-order valence-electron chi connectivity index (χ1n) is 8.69. The lowest BCUT2D eigenvalue weighted by Gasteiger charge is -2.20. The largest absolute Gasteiger partial charge is 0.497 e. The molecule has 1 aliphatic heterocycles. The summed E-state index contributed by atoms with van der Waals surface area (Å²) in [5.74, 6) is 0.678. The van der Waals surface area contributed by atoms with Crippen LogP contribution >= 0.6 is 0 Å². The second kappa shape index (κ2) is 7.99. The van der Waals surface area contributed by atoms with Crippen molar-refractivity contribution in [2.24, 2.45) is 5.73 Å². The highest BCUT2D eigenvalue weighted by Gasteiger charge is 2.25. The second-order valence-electron chi connectivity index (χ2n) is 6.42. The highest BCUT2D eigenvalue weighted by Crippen LogP contribution is 2.30. The van der Waals surface area contributed by atoms with Crippen molar-refractivity contribution in [3.8, 4) is 11.5 Å². The Morgan fingerprint density at radius 2 is 1.74 bits per heavy atom. The maximum Gasteiger partial charge on any atom is 0.251 e. The predicted octanol–water partition coefficient (Wildman–Crippen LogP) is 1.81. The highest BCUT2D eigenvalue weighted by molar-refractivity contribution is 5.99. The third-order valence-electron chi connectivity index (χ3n) is 4.63. The van der Waals surface area contributed by atoms with Crippen LogP contribution in [0.3, 0.4) is 0 Å². The van der Waals surface area contributed by atoms with Gasteiger partial charge in [0.2, 0.25) is 5.91 Å². The number of nitrogens with zero attached hydrogens (tertiary/aromatic N) is 1. The minimum atomic E-state index is -0.552. The summed E-state index contributed by atoms with van der Waals surface area (Å²) in [6, 6.07) is 12.1. The third-order valence-corrected chi connectivity index (χ3v) is 4.63. The smallest absolute Gasteiger partial charge is 0.251 e. The molecule has 142 valence electrons. The number of methoxy groups -OCH3 is 2. The van der Waals surface area contributed by atoms with E-state index in [1.807, 2.05) is 18.2 Å². The molecule has 1 fully saturated rings. The number of carbonyl (C=O) groups excluding carboxylic acids is 2. The van der Waals surface area contributed by atoms with E-state index in [2.05, 4.69) is 10.2 Å². The summed E-state index contributed by atoms with van der Waals surface area (Å²) < 4.78 is 10.6. The van der Waals surface area contributed by atoms with E-state index in [1.54, 1.807) is 32.4 Å². The van der Waals surface area contributed by atoms with E-state index in [-0.39, 0.29) is 11.9 Å². The quantitative estimate of drug-likeness (QED) is 0.810. The number of benzene rings is 2. The van der Waals surface area contributed by atoms with Crippen LogP contribution in [0.25, 0.3) is 0 Å². The third kappa shape index (κ3) is 4.31. The topological polar surface area (TPSA) is 93.9 Å². The van der Waals surface area contributed by atoms with Crippen LogP contribution in [-0.2, 0) is 0 Å². The van der Waals surface area contributed by atoms with E-state index in [0.717, 1.165) is 30.2 Å². The number of nitrogens with one attached hydrogen (secondary N) is 1. The van der Waals surface area contributed by atoms with Gasteiger partial charge in [0.1, 0.15) is 11.5 Å². The lowest BCUT2D eigenvalue weighted by Crippen LogP contribution is -2.37.